The van der Waals surface area contributed by atoms with Crippen molar-refractivity contribution in [2.75, 3.05) is 5.32 Å². The maximum atomic E-state index is 12.4. The van der Waals surface area contributed by atoms with Crippen LogP contribution in [0.3, 0.4) is 0 Å². The quantitative estimate of drug-likeness (QED) is 0.541. The van der Waals surface area contributed by atoms with Crippen molar-refractivity contribution in [3.05, 3.63) is 73.2 Å². The minimum atomic E-state index is -0.575. The predicted octanol–water partition coefficient (Wildman–Crippen LogP) is 3.25. The van der Waals surface area contributed by atoms with E-state index in [4.69, 9.17) is 23.2 Å². The van der Waals surface area contributed by atoms with Gasteiger partial charge in [-0.1, -0.05) is 23.2 Å². The first-order valence-corrected chi connectivity index (χ1v) is 7.99. The topological polar surface area (TPSA) is 107 Å². The number of aromatic nitrogens is 2. The van der Waals surface area contributed by atoms with Crippen molar-refractivity contribution in [3.8, 4) is 0 Å². The lowest BCUT2D eigenvalue weighted by Gasteiger charge is -2.09. The van der Waals surface area contributed by atoms with Gasteiger partial charge in [0.1, 0.15) is 6.54 Å². The maximum absolute atomic E-state index is 12.4. The minimum absolute atomic E-state index is 0.171. The number of hydrogen-bond donors (Lipinski definition) is 1. The summed E-state index contributed by atoms with van der Waals surface area (Å²) in [5, 5.41) is 14.2. The van der Waals surface area contributed by atoms with Gasteiger partial charge < -0.3 is 5.32 Å². The summed E-state index contributed by atoms with van der Waals surface area (Å²) in [7, 11) is 0. The summed E-state index contributed by atoms with van der Waals surface area (Å²) in [6, 6.07) is 8.33. The van der Waals surface area contributed by atoms with E-state index in [9.17, 15) is 19.7 Å². The molecule has 1 aromatic heterocycles. The summed E-state index contributed by atoms with van der Waals surface area (Å²) in [6.45, 7) is -0.304. The molecule has 0 atom stereocenters. The number of amides is 1. The molecule has 0 aliphatic rings. The minimum Gasteiger partial charge on any atom is -0.323 e. The highest BCUT2D eigenvalue weighted by Gasteiger charge is 2.13. The van der Waals surface area contributed by atoms with E-state index < -0.39 is 16.4 Å². The molecule has 26 heavy (non-hydrogen) atoms. The first-order chi connectivity index (χ1) is 12.3. The van der Waals surface area contributed by atoms with Crippen LogP contribution in [0, 0.1) is 10.1 Å². The van der Waals surface area contributed by atoms with E-state index in [1.54, 1.807) is 6.07 Å². The van der Waals surface area contributed by atoms with E-state index in [1.165, 1.54) is 30.3 Å². The lowest BCUT2D eigenvalue weighted by Crippen LogP contribution is -2.28. The highest BCUT2D eigenvalue weighted by molar-refractivity contribution is 6.35. The van der Waals surface area contributed by atoms with Gasteiger partial charge in [-0.3, -0.25) is 24.3 Å². The number of nitrogens with one attached hydrogen (secondary N) is 1. The van der Waals surface area contributed by atoms with E-state index in [-0.39, 0.29) is 23.1 Å². The number of halogens is 2. The van der Waals surface area contributed by atoms with Gasteiger partial charge in [0, 0.05) is 17.2 Å². The average Bonchev–Trinajstić information content (AvgIpc) is 2.60. The summed E-state index contributed by atoms with van der Waals surface area (Å²) in [5.74, 6) is -0.501. The number of anilines is 1. The van der Waals surface area contributed by atoms with Crippen molar-refractivity contribution in [2.45, 2.75) is 6.54 Å². The summed E-state index contributed by atoms with van der Waals surface area (Å²) in [6.07, 6.45) is 1.16. The molecule has 0 aliphatic heterocycles. The van der Waals surface area contributed by atoms with Crippen LogP contribution in [0.15, 0.2) is 47.5 Å². The molecule has 3 aromatic rings. The Hall–Kier alpha value is -2.97. The van der Waals surface area contributed by atoms with Crippen molar-refractivity contribution < 1.29 is 9.72 Å². The molecule has 0 aliphatic carbocycles. The van der Waals surface area contributed by atoms with Gasteiger partial charge in [-0.2, -0.15) is 0 Å². The second-order valence-corrected chi connectivity index (χ2v) is 6.15. The molecule has 0 saturated heterocycles. The van der Waals surface area contributed by atoms with Gasteiger partial charge >= 0.3 is 0 Å². The molecule has 0 spiro atoms. The first-order valence-electron chi connectivity index (χ1n) is 7.23. The lowest BCUT2D eigenvalue weighted by atomic mass is 10.2. The molecular formula is C16H10Cl2N4O4. The number of nitro groups is 1. The fraction of sp³-hybridized carbons (Fsp3) is 0.0625. The molecule has 0 radical (unpaired) electrons. The SMILES string of the molecule is O=C(Cn1cnc2cc([N+](=O)[O-])ccc2c1=O)Nc1cc(Cl)ccc1Cl. The predicted molar refractivity (Wildman–Crippen MR) is 97.7 cm³/mol. The Labute approximate surface area is 156 Å². The van der Waals surface area contributed by atoms with Gasteiger partial charge in [-0.05, 0) is 24.3 Å². The third-order valence-electron chi connectivity index (χ3n) is 3.54. The molecule has 0 fully saturated rings. The van der Waals surface area contributed by atoms with Gasteiger partial charge in [-0.15, -0.1) is 0 Å². The van der Waals surface area contributed by atoms with E-state index >= 15 is 0 Å². The zero-order valence-corrected chi connectivity index (χ0v) is 14.5. The largest absolute Gasteiger partial charge is 0.323 e. The second-order valence-electron chi connectivity index (χ2n) is 5.31. The van der Waals surface area contributed by atoms with E-state index in [0.29, 0.717) is 15.7 Å². The Morgan fingerprint density at radius 2 is 2.00 bits per heavy atom. The second kappa shape index (κ2) is 7.11. The fourth-order valence-electron chi connectivity index (χ4n) is 2.31. The zero-order valence-electron chi connectivity index (χ0n) is 13.0. The highest BCUT2D eigenvalue weighted by Crippen LogP contribution is 2.25. The molecule has 1 N–H and O–H groups in total. The molecular weight excluding hydrogens is 383 g/mol. The Morgan fingerprint density at radius 3 is 2.73 bits per heavy atom. The van der Waals surface area contributed by atoms with E-state index in [2.05, 4.69) is 10.3 Å². The van der Waals surface area contributed by atoms with Gasteiger partial charge in [0.2, 0.25) is 5.91 Å². The van der Waals surface area contributed by atoms with Gasteiger partial charge in [-0.25, -0.2) is 4.98 Å². The molecule has 10 heteroatoms. The summed E-state index contributed by atoms with van der Waals surface area (Å²) in [4.78, 5) is 38.9. The first kappa shape index (κ1) is 17.8. The molecule has 1 heterocycles. The molecule has 1 amide bonds. The average molecular weight is 393 g/mol. The van der Waals surface area contributed by atoms with E-state index in [0.717, 1.165) is 10.9 Å². The molecule has 8 nitrogen and oxygen atoms in total. The van der Waals surface area contributed by atoms with E-state index in [1.807, 2.05) is 0 Å². The van der Waals surface area contributed by atoms with Crippen LogP contribution in [0.2, 0.25) is 10.0 Å². The molecule has 3 rings (SSSR count). The number of hydrogen-bond acceptors (Lipinski definition) is 5. The Kier molecular flexibility index (Phi) is 4.88. The number of carbonyl (C=O) groups is 1. The van der Waals surface area contributed by atoms with Crippen LogP contribution < -0.4 is 10.9 Å². The monoisotopic (exact) mass is 392 g/mol. The molecule has 0 unspecified atom stereocenters. The number of carbonyl (C=O) groups excluding carboxylic acids is 1. The third-order valence-corrected chi connectivity index (χ3v) is 4.10. The number of nitrogens with zero attached hydrogens (tertiary/aromatic N) is 3. The van der Waals surface area contributed by atoms with Crippen LogP contribution in [-0.4, -0.2) is 20.4 Å². The molecule has 0 saturated carbocycles. The highest BCUT2D eigenvalue weighted by atomic mass is 35.5. The number of benzene rings is 2. The van der Waals surface area contributed by atoms with Crippen molar-refractivity contribution in [1.82, 2.24) is 9.55 Å². The van der Waals surface area contributed by atoms with Crippen molar-refractivity contribution in [3.63, 3.8) is 0 Å². The van der Waals surface area contributed by atoms with Gasteiger partial charge in [0.15, 0.2) is 0 Å². The van der Waals surface area contributed by atoms with Crippen molar-refractivity contribution in [2.24, 2.45) is 0 Å². The summed E-state index contributed by atoms with van der Waals surface area (Å²) < 4.78 is 1.10. The fourth-order valence-corrected chi connectivity index (χ4v) is 2.65. The van der Waals surface area contributed by atoms with Crippen LogP contribution >= 0.6 is 23.2 Å². The molecule has 0 bridgehead atoms. The lowest BCUT2D eigenvalue weighted by molar-refractivity contribution is -0.384. The summed E-state index contributed by atoms with van der Waals surface area (Å²) in [5.41, 5.74) is -0.159. The standard InChI is InChI=1S/C16H10Cl2N4O4/c17-9-1-4-12(18)14(5-9)20-15(23)7-21-8-19-13-6-10(22(25)26)2-3-11(13)16(21)24/h1-6,8H,7H2,(H,20,23). The van der Waals surface area contributed by atoms with Gasteiger partial charge in [0.05, 0.1) is 32.9 Å². The number of nitro benzene ring substituents is 1. The van der Waals surface area contributed by atoms with Crippen molar-refractivity contribution in [1.29, 1.82) is 0 Å². The van der Waals surface area contributed by atoms with Crippen LogP contribution in [0.25, 0.3) is 10.9 Å². The molecule has 2 aromatic carbocycles. The smallest absolute Gasteiger partial charge is 0.271 e. The normalized spacial score (nSPS) is 10.7. The summed E-state index contributed by atoms with van der Waals surface area (Å²) >= 11 is 11.8. The molecule has 132 valence electrons. The van der Waals surface area contributed by atoms with Crippen LogP contribution in [0.1, 0.15) is 0 Å². The Bertz CT molecular complexity index is 1100. The van der Waals surface area contributed by atoms with Crippen molar-refractivity contribution >= 4 is 51.4 Å². The van der Waals surface area contributed by atoms with Gasteiger partial charge in [0.25, 0.3) is 11.2 Å². The third kappa shape index (κ3) is 3.66. The Morgan fingerprint density at radius 1 is 1.23 bits per heavy atom. The zero-order chi connectivity index (χ0) is 18.8. The number of rotatable bonds is 4. The van der Waals surface area contributed by atoms with Crippen LogP contribution in [-0.2, 0) is 11.3 Å². The maximum Gasteiger partial charge on any atom is 0.271 e. The number of non-ortho nitro benzene ring substituents is 1. The number of fused-ring (bicyclic) bond motifs is 1. The Balaban J connectivity index is 1.86. The van der Waals surface area contributed by atoms with Crippen LogP contribution in [0.5, 0.6) is 0 Å². The van der Waals surface area contributed by atoms with Crippen LogP contribution in [0.4, 0.5) is 11.4 Å².